The molecule has 0 aromatic heterocycles. The van der Waals surface area contributed by atoms with Crippen LogP contribution in [-0.2, 0) is 16.1 Å². The molecule has 1 aliphatic heterocycles. The first kappa shape index (κ1) is 19.6. The number of hydrogen-bond acceptors (Lipinski definition) is 5. The number of nitrogens with two attached hydrogens (primary N) is 1. The van der Waals surface area contributed by atoms with Gasteiger partial charge >= 0.3 is 6.03 Å². The number of primary amides is 1. The van der Waals surface area contributed by atoms with Gasteiger partial charge < -0.3 is 21.1 Å². The van der Waals surface area contributed by atoms with E-state index in [2.05, 4.69) is 15.5 Å². The Morgan fingerprint density at radius 1 is 1.36 bits per heavy atom. The van der Waals surface area contributed by atoms with Gasteiger partial charge in [-0.15, -0.1) is 0 Å². The number of ether oxygens (including phenoxy) is 1. The van der Waals surface area contributed by atoms with Crippen LogP contribution in [0.1, 0.15) is 12.0 Å². The molecule has 1 atom stereocenters. The van der Waals surface area contributed by atoms with Crippen molar-refractivity contribution in [3.8, 4) is 0 Å². The van der Waals surface area contributed by atoms with Gasteiger partial charge in [0, 0.05) is 25.3 Å². The van der Waals surface area contributed by atoms with E-state index in [0.29, 0.717) is 6.42 Å². The van der Waals surface area contributed by atoms with Gasteiger partial charge in [-0.3, -0.25) is 9.69 Å². The van der Waals surface area contributed by atoms with Gasteiger partial charge in [0.05, 0.1) is 13.2 Å². The molecule has 0 bridgehead atoms. The summed E-state index contributed by atoms with van der Waals surface area (Å²) in [5.74, 6) is 0.506. The van der Waals surface area contributed by atoms with Crippen molar-refractivity contribution in [3.63, 3.8) is 0 Å². The van der Waals surface area contributed by atoms with Crippen LogP contribution in [0.5, 0.6) is 0 Å². The fourth-order valence-corrected chi connectivity index (χ4v) is 3.14. The largest absolute Gasteiger partial charge is 0.379 e. The van der Waals surface area contributed by atoms with Crippen LogP contribution in [-0.4, -0.2) is 61.2 Å². The second-order valence-corrected chi connectivity index (χ2v) is 6.91. The number of nitrogens with one attached hydrogen (secondary N) is 2. The van der Waals surface area contributed by atoms with E-state index < -0.39 is 12.1 Å². The Morgan fingerprint density at radius 3 is 2.80 bits per heavy atom. The molecule has 0 aliphatic carbocycles. The van der Waals surface area contributed by atoms with Crippen molar-refractivity contribution in [2.45, 2.75) is 19.0 Å². The number of hydrogen-bond donors (Lipinski definition) is 3. The molecule has 1 aliphatic rings. The number of amides is 3. The SMILES string of the molecule is CSCC[C@@H](NC(N)=O)C(=O)Nc1cccc(CN2CCOCC2)c1. The van der Waals surface area contributed by atoms with E-state index in [9.17, 15) is 9.59 Å². The van der Waals surface area contributed by atoms with Crippen LogP contribution in [0, 0.1) is 0 Å². The summed E-state index contributed by atoms with van der Waals surface area (Å²) in [5, 5.41) is 5.38. The lowest BCUT2D eigenvalue weighted by Gasteiger charge is -2.26. The Morgan fingerprint density at radius 2 is 2.12 bits per heavy atom. The average Bonchev–Trinajstić information content (AvgIpc) is 2.59. The molecule has 0 unspecified atom stereocenters. The van der Waals surface area contributed by atoms with E-state index in [1.165, 1.54) is 0 Å². The Bertz CT molecular complexity index is 579. The Balaban J connectivity index is 1.96. The van der Waals surface area contributed by atoms with Crippen LogP contribution in [0.2, 0.25) is 0 Å². The predicted molar refractivity (Wildman–Crippen MR) is 101 cm³/mol. The summed E-state index contributed by atoms with van der Waals surface area (Å²) in [6, 6.07) is 6.44. The van der Waals surface area contributed by atoms with Gasteiger partial charge in [0.1, 0.15) is 6.04 Å². The molecule has 1 heterocycles. The summed E-state index contributed by atoms with van der Waals surface area (Å²) in [6.07, 6.45) is 2.48. The first-order valence-electron chi connectivity index (χ1n) is 8.33. The van der Waals surface area contributed by atoms with Gasteiger partial charge in [-0.2, -0.15) is 11.8 Å². The van der Waals surface area contributed by atoms with E-state index in [1.807, 2.05) is 30.5 Å². The summed E-state index contributed by atoms with van der Waals surface area (Å²) >= 11 is 1.61. The molecule has 138 valence electrons. The number of urea groups is 1. The first-order valence-corrected chi connectivity index (χ1v) is 9.72. The van der Waals surface area contributed by atoms with Crippen molar-refractivity contribution >= 4 is 29.4 Å². The van der Waals surface area contributed by atoms with E-state index >= 15 is 0 Å². The molecule has 7 nitrogen and oxygen atoms in total. The van der Waals surface area contributed by atoms with Gasteiger partial charge in [-0.1, -0.05) is 12.1 Å². The zero-order valence-electron chi connectivity index (χ0n) is 14.5. The van der Waals surface area contributed by atoms with Crippen LogP contribution < -0.4 is 16.4 Å². The zero-order chi connectivity index (χ0) is 18.1. The average molecular weight is 366 g/mol. The van der Waals surface area contributed by atoms with Gasteiger partial charge in [0.15, 0.2) is 0 Å². The maximum Gasteiger partial charge on any atom is 0.312 e. The first-order chi connectivity index (χ1) is 12.1. The fourth-order valence-electron chi connectivity index (χ4n) is 2.67. The lowest BCUT2D eigenvalue weighted by Crippen LogP contribution is -2.46. The second kappa shape index (κ2) is 10.3. The summed E-state index contributed by atoms with van der Waals surface area (Å²) in [5.41, 5.74) is 7.02. The van der Waals surface area contributed by atoms with Crippen LogP contribution in [0.4, 0.5) is 10.5 Å². The molecule has 1 aromatic rings. The number of anilines is 1. The molecule has 8 heteroatoms. The Labute approximate surface area is 152 Å². The smallest absolute Gasteiger partial charge is 0.312 e. The predicted octanol–water partition coefficient (Wildman–Crippen LogP) is 1.25. The minimum Gasteiger partial charge on any atom is -0.379 e. The molecular weight excluding hydrogens is 340 g/mol. The highest BCUT2D eigenvalue weighted by Crippen LogP contribution is 2.14. The molecule has 1 fully saturated rings. The molecule has 1 saturated heterocycles. The van der Waals surface area contributed by atoms with Crippen molar-refractivity contribution in [2.24, 2.45) is 5.73 Å². The van der Waals surface area contributed by atoms with Gasteiger partial charge in [0.25, 0.3) is 0 Å². The lowest BCUT2D eigenvalue weighted by atomic mass is 10.1. The second-order valence-electron chi connectivity index (χ2n) is 5.92. The van der Waals surface area contributed by atoms with E-state index in [1.54, 1.807) is 11.8 Å². The summed E-state index contributed by atoms with van der Waals surface area (Å²) in [6.45, 7) is 4.16. The topological polar surface area (TPSA) is 96.7 Å². The number of benzene rings is 1. The zero-order valence-corrected chi connectivity index (χ0v) is 15.3. The van der Waals surface area contributed by atoms with Crippen LogP contribution >= 0.6 is 11.8 Å². The monoisotopic (exact) mass is 366 g/mol. The highest BCUT2D eigenvalue weighted by molar-refractivity contribution is 7.98. The van der Waals surface area contributed by atoms with Gasteiger partial charge in [-0.25, -0.2) is 4.79 Å². The third-order valence-corrected chi connectivity index (χ3v) is 4.59. The standard InChI is InChI=1S/C17H26N4O3S/c1-25-10-5-15(20-17(18)23)16(22)19-14-4-2-3-13(11-14)12-21-6-8-24-9-7-21/h2-4,11,15H,5-10,12H2,1H3,(H,19,22)(H3,18,20,23)/t15-/m1/s1. The summed E-state index contributed by atoms with van der Waals surface area (Å²) < 4.78 is 5.36. The third-order valence-electron chi connectivity index (χ3n) is 3.95. The highest BCUT2D eigenvalue weighted by atomic mass is 32.2. The molecule has 0 spiro atoms. The summed E-state index contributed by atoms with van der Waals surface area (Å²) in [4.78, 5) is 25.9. The molecule has 4 N–H and O–H groups in total. The molecule has 25 heavy (non-hydrogen) atoms. The van der Waals surface area contributed by atoms with E-state index in [0.717, 1.165) is 49.9 Å². The molecular formula is C17H26N4O3S. The van der Waals surface area contributed by atoms with Crippen molar-refractivity contribution in [2.75, 3.05) is 43.6 Å². The Hall–Kier alpha value is -1.77. The highest BCUT2D eigenvalue weighted by Gasteiger charge is 2.19. The minimum absolute atomic E-state index is 0.253. The number of thioether (sulfide) groups is 1. The maximum absolute atomic E-state index is 12.4. The van der Waals surface area contributed by atoms with E-state index in [4.69, 9.17) is 10.5 Å². The van der Waals surface area contributed by atoms with Crippen LogP contribution in [0.3, 0.4) is 0 Å². The molecule has 1 aromatic carbocycles. The van der Waals surface area contributed by atoms with Crippen molar-refractivity contribution in [1.82, 2.24) is 10.2 Å². The number of rotatable bonds is 8. The number of carbonyl (C=O) groups is 2. The van der Waals surface area contributed by atoms with Crippen molar-refractivity contribution in [1.29, 1.82) is 0 Å². The number of carbonyl (C=O) groups excluding carboxylic acids is 2. The van der Waals surface area contributed by atoms with Gasteiger partial charge in [0.2, 0.25) is 5.91 Å². The van der Waals surface area contributed by atoms with Crippen molar-refractivity contribution < 1.29 is 14.3 Å². The van der Waals surface area contributed by atoms with Gasteiger partial charge in [-0.05, 0) is 36.1 Å². The quantitative estimate of drug-likeness (QED) is 0.643. The molecule has 2 rings (SSSR count). The minimum atomic E-state index is -0.692. The Kier molecular flexibility index (Phi) is 8.03. The fraction of sp³-hybridized carbons (Fsp3) is 0.529. The van der Waals surface area contributed by atoms with Crippen LogP contribution in [0.15, 0.2) is 24.3 Å². The number of nitrogens with zero attached hydrogens (tertiary/aromatic N) is 1. The molecule has 0 radical (unpaired) electrons. The molecule has 0 saturated carbocycles. The van der Waals surface area contributed by atoms with E-state index in [-0.39, 0.29) is 5.91 Å². The van der Waals surface area contributed by atoms with Crippen molar-refractivity contribution in [3.05, 3.63) is 29.8 Å². The van der Waals surface area contributed by atoms with Crippen LogP contribution in [0.25, 0.3) is 0 Å². The normalized spacial score (nSPS) is 16.2. The summed E-state index contributed by atoms with van der Waals surface area (Å²) in [7, 11) is 0. The molecule has 3 amide bonds. The number of morpholine rings is 1. The lowest BCUT2D eigenvalue weighted by molar-refractivity contribution is -0.117. The maximum atomic E-state index is 12.4. The third kappa shape index (κ3) is 6.93.